The molecule has 0 radical (unpaired) electrons. The summed E-state index contributed by atoms with van der Waals surface area (Å²) in [5.74, 6) is 2.89. The summed E-state index contributed by atoms with van der Waals surface area (Å²) in [5.41, 5.74) is 2.58. The molecule has 5 nitrogen and oxygen atoms in total. The number of carbonyl (C=O) groups excluding carboxylic acids is 1. The normalized spacial score (nSPS) is 14.5. The van der Waals surface area contributed by atoms with Gasteiger partial charge in [-0.1, -0.05) is 18.8 Å². The third kappa shape index (κ3) is 3.16. The number of carbonyl (C=O) groups is 1. The van der Waals surface area contributed by atoms with Gasteiger partial charge in [-0.25, -0.2) is 0 Å². The van der Waals surface area contributed by atoms with E-state index in [-0.39, 0.29) is 12.5 Å². The largest absolute Gasteiger partial charge is 0.327 e. The maximum absolute atomic E-state index is 12.1. The van der Waals surface area contributed by atoms with Crippen molar-refractivity contribution in [3.8, 4) is 18.4 Å². The molecule has 1 aromatic heterocycles. The van der Waals surface area contributed by atoms with Crippen molar-refractivity contribution in [2.24, 2.45) is 0 Å². The Morgan fingerprint density at radius 2 is 2.09 bits per heavy atom. The minimum Gasteiger partial charge on any atom is -0.327 e. The summed E-state index contributed by atoms with van der Waals surface area (Å²) in [6, 6.07) is 2.60. The van der Waals surface area contributed by atoms with Crippen LogP contribution >= 0.6 is 0 Å². The fourth-order valence-electron chi connectivity index (χ4n) is 3.13. The number of amides is 1. The molecule has 2 rings (SSSR count). The third-order valence-corrected chi connectivity index (χ3v) is 4.33. The lowest BCUT2D eigenvalue weighted by molar-refractivity contribution is -0.115. The first kappa shape index (κ1) is 16.1. The van der Waals surface area contributed by atoms with Crippen molar-refractivity contribution in [2.75, 3.05) is 18.4 Å². The molecule has 0 unspecified atom stereocenters. The van der Waals surface area contributed by atoms with Crippen molar-refractivity contribution in [2.45, 2.75) is 45.6 Å². The van der Waals surface area contributed by atoms with Crippen LogP contribution < -0.4 is 10.6 Å². The fraction of sp³-hybridized carbons (Fsp3) is 0.529. The molecule has 0 bridgehead atoms. The molecule has 1 heterocycles. The molecule has 0 aliphatic heterocycles. The zero-order valence-corrected chi connectivity index (χ0v) is 13.2. The minimum absolute atomic E-state index is 0.142. The number of rotatable bonds is 5. The van der Waals surface area contributed by atoms with E-state index in [2.05, 4.69) is 27.2 Å². The molecule has 5 heteroatoms. The highest BCUT2D eigenvalue weighted by atomic mass is 16.2. The summed E-state index contributed by atoms with van der Waals surface area (Å²) in [6.45, 7) is 4.44. The Morgan fingerprint density at radius 1 is 1.41 bits per heavy atom. The maximum atomic E-state index is 12.1. The van der Waals surface area contributed by atoms with Crippen LogP contribution in [0.1, 0.15) is 48.5 Å². The number of nitriles is 1. The van der Waals surface area contributed by atoms with Crippen LogP contribution in [-0.2, 0) is 4.79 Å². The van der Waals surface area contributed by atoms with Gasteiger partial charge in [-0.2, -0.15) is 5.26 Å². The third-order valence-electron chi connectivity index (χ3n) is 4.33. The Bertz CT molecular complexity index is 639. The monoisotopic (exact) mass is 298 g/mol. The van der Waals surface area contributed by atoms with Crippen LogP contribution in [0, 0.1) is 37.5 Å². The van der Waals surface area contributed by atoms with E-state index in [0.29, 0.717) is 24.0 Å². The predicted octanol–water partition coefficient (Wildman–Crippen LogP) is 2.25. The first-order valence-corrected chi connectivity index (χ1v) is 7.65. The quantitative estimate of drug-likeness (QED) is 0.647. The lowest BCUT2D eigenvalue weighted by Crippen LogP contribution is -2.29. The Hall–Kier alpha value is -2.24. The van der Waals surface area contributed by atoms with Gasteiger partial charge >= 0.3 is 0 Å². The summed E-state index contributed by atoms with van der Waals surface area (Å²) in [6.07, 6.45) is 9.73. The summed E-state index contributed by atoms with van der Waals surface area (Å²) in [4.78, 5) is 12.1. The van der Waals surface area contributed by atoms with Gasteiger partial charge in [-0.15, -0.1) is 6.42 Å². The van der Waals surface area contributed by atoms with Gasteiger partial charge in [0.15, 0.2) is 0 Å². The Morgan fingerprint density at radius 3 is 2.68 bits per heavy atom. The molecule has 1 amide bonds. The molecule has 1 aliphatic rings. The second-order valence-corrected chi connectivity index (χ2v) is 5.71. The van der Waals surface area contributed by atoms with Crippen molar-refractivity contribution in [1.82, 2.24) is 9.88 Å². The van der Waals surface area contributed by atoms with E-state index in [1.54, 1.807) is 0 Å². The Labute approximate surface area is 131 Å². The van der Waals surface area contributed by atoms with Crippen LogP contribution in [0.4, 0.5) is 5.82 Å². The molecular weight excluding hydrogens is 276 g/mol. The van der Waals surface area contributed by atoms with Crippen LogP contribution in [0.25, 0.3) is 0 Å². The van der Waals surface area contributed by atoms with E-state index >= 15 is 0 Å². The molecule has 1 aliphatic carbocycles. The number of anilines is 1. The topological polar surface area (TPSA) is 69.8 Å². The van der Waals surface area contributed by atoms with Gasteiger partial charge in [0.1, 0.15) is 11.9 Å². The van der Waals surface area contributed by atoms with E-state index in [9.17, 15) is 10.1 Å². The summed E-state index contributed by atoms with van der Waals surface area (Å²) < 4.78 is 2.14. The second kappa shape index (κ2) is 7.15. The highest BCUT2D eigenvalue weighted by Gasteiger charge is 2.26. The van der Waals surface area contributed by atoms with Crippen LogP contribution in [0.15, 0.2) is 0 Å². The Kier molecular flexibility index (Phi) is 5.25. The number of nitrogens with one attached hydrogen (secondary N) is 2. The molecule has 2 N–H and O–H groups in total. The number of terminal acetylenes is 1. The molecule has 0 atom stereocenters. The SMILES string of the molecule is C#CCNCC(=O)Nc1c(C#N)c(C)c(C)n1C1CCCC1. The van der Waals surface area contributed by atoms with Gasteiger partial charge < -0.3 is 9.88 Å². The standard InChI is InChI=1S/C17H22N4O/c1-4-9-19-11-16(22)20-17-15(10-18)12(2)13(3)21(17)14-7-5-6-8-14/h1,14,19H,5-9,11H2,2-3H3,(H,20,22). The number of hydrogen-bond donors (Lipinski definition) is 2. The number of hydrogen-bond acceptors (Lipinski definition) is 3. The lowest BCUT2D eigenvalue weighted by atomic mass is 10.2. The maximum Gasteiger partial charge on any atom is 0.239 e. The van der Waals surface area contributed by atoms with Crippen molar-refractivity contribution in [3.05, 3.63) is 16.8 Å². The first-order valence-electron chi connectivity index (χ1n) is 7.65. The van der Waals surface area contributed by atoms with Gasteiger partial charge in [0.2, 0.25) is 5.91 Å². The van der Waals surface area contributed by atoms with E-state index in [1.165, 1.54) is 12.8 Å². The molecular formula is C17H22N4O. The van der Waals surface area contributed by atoms with Crippen molar-refractivity contribution >= 4 is 11.7 Å². The van der Waals surface area contributed by atoms with Crippen LogP contribution in [0.3, 0.4) is 0 Å². The summed E-state index contributed by atoms with van der Waals surface area (Å²) in [7, 11) is 0. The van der Waals surface area contributed by atoms with Gasteiger partial charge in [-0.3, -0.25) is 10.1 Å². The first-order chi connectivity index (χ1) is 10.6. The predicted molar refractivity (Wildman–Crippen MR) is 86.5 cm³/mol. The van der Waals surface area contributed by atoms with Gasteiger partial charge in [-0.05, 0) is 32.3 Å². The molecule has 1 saturated carbocycles. The average Bonchev–Trinajstić information content (AvgIpc) is 3.08. The number of nitrogens with zero attached hydrogens (tertiary/aromatic N) is 2. The van der Waals surface area contributed by atoms with Crippen molar-refractivity contribution in [3.63, 3.8) is 0 Å². The fourth-order valence-corrected chi connectivity index (χ4v) is 3.13. The van der Waals surface area contributed by atoms with Gasteiger partial charge in [0.05, 0.1) is 18.7 Å². The zero-order chi connectivity index (χ0) is 16.1. The molecule has 1 aromatic rings. The average molecular weight is 298 g/mol. The van der Waals surface area contributed by atoms with E-state index in [1.807, 2.05) is 13.8 Å². The zero-order valence-electron chi connectivity index (χ0n) is 13.2. The number of aromatic nitrogens is 1. The summed E-state index contributed by atoms with van der Waals surface area (Å²) in [5, 5.41) is 15.2. The second-order valence-electron chi connectivity index (χ2n) is 5.71. The summed E-state index contributed by atoms with van der Waals surface area (Å²) >= 11 is 0. The molecule has 1 fully saturated rings. The highest BCUT2D eigenvalue weighted by Crippen LogP contribution is 2.37. The Balaban J connectivity index is 2.28. The molecule has 0 aromatic carbocycles. The van der Waals surface area contributed by atoms with E-state index < -0.39 is 0 Å². The molecule has 22 heavy (non-hydrogen) atoms. The van der Waals surface area contributed by atoms with E-state index in [0.717, 1.165) is 24.1 Å². The van der Waals surface area contributed by atoms with Crippen LogP contribution in [0.2, 0.25) is 0 Å². The molecule has 0 saturated heterocycles. The molecule has 116 valence electrons. The van der Waals surface area contributed by atoms with Gasteiger partial charge in [0, 0.05) is 11.7 Å². The van der Waals surface area contributed by atoms with Crippen LogP contribution in [-0.4, -0.2) is 23.6 Å². The minimum atomic E-state index is -0.177. The molecule has 0 spiro atoms. The lowest BCUT2D eigenvalue weighted by Gasteiger charge is -2.19. The smallest absolute Gasteiger partial charge is 0.239 e. The van der Waals surface area contributed by atoms with Crippen molar-refractivity contribution < 1.29 is 4.79 Å². The van der Waals surface area contributed by atoms with Crippen molar-refractivity contribution in [1.29, 1.82) is 5.26 Å². The van der Waals surface area contributed by atoms with E-state index in [4.69, 9.17) is 6.42 Å². The van der Waals surface area contributed by atoms with Crippen LogP contribution in [0.5, 0.6) is 0 Å². The van der Waals surface area contributed by atoms with Gasteiger partial charge in [0.25, 0.3) is 0 Å². The highest BCUT2D eigenvalue weighted by molar-refractivity contribution is 5.93.